The highest BCUT2D eigenvalue weighted by Gasteiger charge is 2.42. The standard InChI is InChI=1S/C18H8BrCl5N2O5/c19-7-2-1-6(3-8(7)20)25-9(27)5-31-10(28)4-26-17(29)11-12(18(26)30)14(22)16(24)15(23)13(11)21/h1-3H,4-5H2,(H,25,27). The number of fused-ring (bicyclic) bond motifs is 1. The molecule has 0 fully saturated rings. The average Bonchev–Trinajstić information content (AvgIpc) is 2.96. The third-order valence-electron chi connectivity index (χ3n) is 4.04. The molecule has 1 N–H and O–H groups in total. The Morgan fingerprint density at radius 1 is 0.935 bits per heavy atom. The fourth-order valence-corrected chi connectivity index (χ4v) is 4.07. The van der Waals surface area contributed by atoms with Crippen molar-refractivity contribution in [2.75, 3.05) is 18.5 Å². The topological polar surface area (TPSA) is 92.8 Å². The number of nitrogens with zero attached hydrogens (tertiary/aromatic N) is 1. The predicted molar refractivity (Wildman–Crippen MR) is 121 cm³/mol. The van der Waals surface area contributed by atoms with E-state index in [2.05, 4.69) is 21.2 Å². The van der Waals surface area contributed by atoms with E-state index < -0.39 is 36.8 Å². The van der Waals surface area contributed by atoms with Crippen molar-refractivity contribution in [2.24, 2.45) is 0 Å². The van der Waals surface area contributed by atoms with Crippen LogP contribution in [0.2, 0.25) is 25.1 Å². The third-order valence-corrected chi connectivity index (χ3v) is 7.07. The Bertz CT molecular complexity index is 1110. The normalized spacial score (nSPS) is 12.8. The van der Waals surface area contributed by atoms with Crippen molar-refractivity contribution in [1.82, 2.24) is 4.90 Å². The van der Waals surface area contributed by atoms with Crippen molar-refractivity contribution in [1.29, 1.82) is 0 Å². The summed E-state index contributed by atoms with van der Waals surface area (Å²) in [5.74, 6) is -3.45. The molecule has 0 bridgehead atoms. The molecule has 3 amide bonds. The van der Waals surface area contributed by atoms with Crippen molar-refractivity contribution in [3.63, 3.8) is 0 Å². The van der Waals surface area contributed by atoms with Crippen LogP contribution in [0.15, 0.2) is 22.7 Å². The molecule has 13 heteroatoms. The van der Waals surface area contributed by atoms with Gasteiger partial charge in [0.25, 0.3) is 17.7 Å². The van der Waals surface area contributed by atoms with E-state index in [-0.39, 0.29) is 31.2 Å². The van der Waals surface area contributed by atoms with Crippen LogP contribution in [0, 0.1) is 0 Å². The lowest BCUT2D eigenvalue weighted by Gasteiger charge is -2.13. The van der Waals surface area contributed by atoms with Crippen LogP contribution < -0.4 is 5.32 Å². The second-order valence-electron chi connectivity index (χ2n) is 6.04. The zero-order chi connectivity index (χ0) is 23.0. The van der Waals surface area contributed by atoms with Gasteiger partial charge < -0.3 is 10.1 Å². The first-order chi connectivity index (χ1) is 14.5. The van der Waals surface area contributed by atoms with Crippen LogP contribution in [0.4, 0.5) is 5.69 Å². The molecule has 0 saturated carbocycles. The molecule has 0 aromatic heterocycles. The second-order valence-corrected chi connectivity index (χ2v) is 8.81. The van der Waals surface area contributed by atoms with Crippen molar-refractivity contribution in [3.05, 3.63) is 58.9 Å². The Morgan fingerprint density at radius 3 is 2.00 bits per heavy atom. The minimum Gasteiger partial charge on any atom is -0.454 e. The zero-order valence-electron chi connectivity index (χ0n) is 14.9. The molecule has 1 aliphatic heterocycles. The van der Waals surface area contributed by atoms with Gasteiger partial charge in [-0.15, -0.1) is 0 Å². The van der Waals surface area contributed by atoms with E-state index in [9.17, 15) is 19.2 Å². The van der Waals surface area contributed by atoms with E-state index in [1.54, 1.807) is 12.1 Å². The van der Waals surface area contributed by atoms with Gasteiger partial charge in [-0.05, 0) is 34.1 Å². The molecule has 0 atom stereocenters. The number of benzene rings is 2. The van der Waals surface area contributed by atoms with E-state index in [1.165, 1.54) is 6.07 Å². The monoisotopic (exact) mass is 586 g/mol. The largest absolute Gasteiger partial charge is 0.454 e. The van der Waals surface area contributed by atoms with Crippen molar-refractivity contribution in [3.8, 4) is 0 Å². The van der Waals surface area contributed by atoms with Gasteiger partial charge in [0.1, 0.15) is 6.54 Å². The maximum absolute atomic E-state index is 12.6. The lowest BCUT2D eigenvalue weighted by molar-refractivity contribution is -0.147. The van der Waals surface area contributed by atoms with Crippen molar-refractivity contribution >= 4 is 103 Å². The molecular formula is C18H8BrCl5N2O5. The number of hydrogen-bond acceptors (Lipinski definition) is 5. The Hall–Kier alpha value is -1.55. The molecule has 162 valence electrons. The van der Waals surface area contributed by atoms with Gasteiger partial charge in [-0.25, -0.2) is 0 Å². The van der Waals surface area contributed by atoms with Crippen molar-refractivity contribution < 1.29 is 23.9 Å². The van der Waals surface area contributed by atoms with E-state index >= 15 is 0 Å². The quantitative estimate of drug-likeness (QED) is 0.216. The first-order valence-electron chi connectivity index (χ1n) is 8.15. The van der Waals surface area contributed by atoms with E-state index in [1.807, 2.05) is 0 Å². The first kappa shape index (κ1) is 24.1. The van der Waals surface area contributed by atoms with Crippen LogP contribution in [0.5, 0.6) is 0 Å². The van der Waals surface area contributed by atoms with Gasteiger partial charge in [-0.1, -0.05) is 58.0 Å². The number of halogens is 6. The third kappa shape index (κ3) is 4.79. The Morgan fingerprint density at radius 2 is 1.48 bits per heavy atom. The number of amides is 3. The van der Waals surface area contributed by atoms with Gasteiger partial charge in [0, 0.05) is 10.2 Å². The molecule has 3 rings (SSSR count). The van der Waals surface area contributed by atoms with E-state index in [0.717, 1.165) is 0 Å². The van der Waals surface area contributed by atoms with Crippen LogP contribution in [0.3, 0.4) is 0 Å². The Balaban J connectivity index is 1.64. The second kappa shape index (κ2) is 9.52. The summed E-state index contributed by atoms with van der Waals surface area (Å²) in [7, 11) is 0. The zero-order valence-corrected chi connectivity index (χ0v) is 20.3. The van der Waals surface area contributed by atoms with Gasteiger partial charge in [0.2, 0.25) is 0 Å². The minimum absolute atomic E-state index is 0.192. The number of ether oxygens (including phenoxy) is 1. The lowest BCUT2D eigenvalue weighted by atomic mass is 10.1. The fourth-order valence-electron chi connectivity index (χ4n) is 2.63. The molecule has 0 radical (unpaired) electrons. The molecule has 0 aliphatic carbocycles. The summed E-state index contributed by atoms with van der Waals surface area (Å²) >= 11 is 33.1. The molecule has 2 aromatic carbocycles. The summed E-state index contributed by atoms with van der Waals surface area (Å²) in [6.07, 6.45) is 0. The summed E-state index contributed by atoms with van der Waals surface area (Å²) < 4.78 is 5.48. The summed E-state index contributed by atoms with van der Waals surface area (Å²) in [6.45, 7) is -1.43. The van der Waals surface area contributed by atoms with E-state index in [4.69, 9.17) is 62.7 Å². The molecule has 7 nitrogen and oxygen atoms in total. The molecule has 0 unspecified atom stereocenters. The number of carbonyl (C=O) groups is 4. The van der Waals surface area contributed by atoms with Gasteiger partial charge in [-0.2, -0.15) is 0 Å². The summed E-state index contributed by atoms with van der Waals surface area (Å²) in [4.78, 5) is 49.8. The highest BCUT2D eigenvalue weighted by atomic mass is 79.9. The molecule has 0 saturated heterocycles. The van der Waals surface area contributed by atoms with Crippen LogP contribution >= 0.6 is 73.9 Å². The molecule has 31 heavy (non-hydrogen) atoms. The molecule has 0 spiro atoms. The maximum Gasteiger partial charge on any atom is 0.326 e. The van der Waals surface area contributed by atoms with Gasteiger partial charge in [0.15, 0.2) is 6.61 Å². The Labute approximate surface area is 208 Å². The fraction of sp³-hybridized carbons (Fsp3) is 0.111. The van der Waals surface area contributed by atoms with Crippen LogP contribution in [-0.4, -0.2) is 41.7 Å². The van der Waals surface area contributed by atoms with Crippen LogP contribution in [-0.2, 0) is 14.3 Å². The summed E-state index contributed by atoms with van der Waals surface area (Å²) in [5, 5.41) is 1.96. The number of hydrogen-bond donors (Lipinski definition) is 1. The predicted octanol–water partition coefficient (Wildman–Crippen LogP) is 5.49. The number of rotatable bonds is 5. The van der Waals surface area contributed by atoms with Gasteiger partial charge in [-0.3, -0.25) is 24.1 Å². The first-order valence-corrected chi connectivity index (χ1v) is 10.8. The van der Waals surface area contributed by atoms with Crippen molar-refractivity contribution in [2.45, 2.75) is 0 Å². The molecule has 2 aromatic rings. The SMILES string of the molecule is O=C(COC(=O)CN1C(=O)c2c(Cl)c(Cl)c(Cl)c(Cl)c2C1=O)Nc1ccc(Br)c(Cl)c1. The highest BCUT2D eigenvalue weighted by Crippen LogP contribution is 2.44. The molecule has 1 heterocycles. The van der Waals surface area contributed by atoms with Crippen LogP contribution in [0.25, 0.3) is 0 Å². The Kier molecular flexibility index (Phi) is 7.40. The maximum atomic E-state index is 12.6. The highest BCUT2D eigenvalue weighted by molar-refractivity contribution is 9.10. The smallest absolute Gasteiger partial charge is 0.326 e. The number of carbonyl (C=O) groups excluding carboxylic acids is 4. The summed E-state index contributed by atoms with van der Waals surface area (Å²) in [6, 6.07) is 4.70. The molecule has 1 aliphatic rings. The number of anilines is 1. The summed E-state index contributed by atoms with van der Waals surface area (Å²) in [5.41, 5.74) is -0.139. The number of imide groups is 1. The number of esters is 1. The average molecular weight is 589 g/mol. The van der Waals surface area contributed by atoms with Crippen LogP contribution in [0.1, 0.15) is 20.7 Å². The number of nitrogens with one attached hydrogen (secondary N) is 1. The molecular weight excluding hydrogens is 581 g/mol. The van der Waals surface area contributed by atoms with E-state index in [0.29, 0.717) is 20.1 Å². The minimum atomic E-state index is -1.01. The van der Waals surface area contributed by atoms with Gasteiger partial charge >= 0.3 is 5.97 Å². The van der Waals surface area contributed by atoms with Gasteiger partial charge in [0.05, 0.1) is 36.2 Å². The lowest BCUT2D eigenvalue weighted by Crippen LogP contribution is -2.36.